The van der Waals surface area contributed by atoms with Crippen LogP contribution in [0.2, 0.25) is 0 Å². The summed E-state index contributed by atoms with van der Waals surface area (Å²) >= 11 is 0. The van der Waals surface area contributed by atoms with Crippen LogP contribution in [0.5, 0.6) is 0 Å². The molecule has 0 saturated carbocycles. The van der Waals surface area contributed by atoms with Gasteiger partial charge in [-0.1, -0.05) is 30.3 Å². The smallest absolute Gasteiger partial charge is 0.0897 e. The van der Waals surface area contributed by atoms with Gasteiger partial charge in [0.15, 0.2) is 0 Å². The van der Waals surface area contributed by atoms with Crippen LogP contribution in [0.25, 0.3) is 0 Å². The van der Waals surface area contributed by atoms with E-state index in [1.165, 1.54) is 5.56 Å². The molecule has 2 N–H and O–H groups in total. The fourth-order valence-corrected chi connectivity index (χ4v) is 2.84. The van der Waals surface area contributed by atoms with E-state index in [2.05, 4.69) is 47.5 Å². The Morgan fingerprint density at radius 3 is 2.85 bits per heavy atom. The molecule has 20 heavy (non-hydrogen) atoms. The van der Waals surface area contributed by atoms with E-state index in [9.17, 15) is 5.11 Å². The van der Waals surface area contributed by atoms with Gasteiger partial charge in [0.25, 0.3) is 0 Å². The van der Waals surface area contributed by atoms with Crippen LogP contribution in [0.15, 0.2) is 30.3 Å². The van der Waals surface area contributed by atoms with Crippen LogP contribution >= 0.6 is 0 Å². The van der Waals surface area contributed by atoms with Crippen molar-refractivity contribution >= 4 is 0 Å². The molecule has 0 spiro atoms. The highest BCUT2D eigenvalue weighted by molar-refractivity contribution is 5.15. The quantitative estimate of drug-likeness (QED) is 0.788. The monoisotopic (exact) mass is 278 g/mol. The van der Waals surface area contributed by atoms with Gasteiger partial charge in [0.1, 0.15) is 0 Å². The minimum absolute atomic E-state index is 0.392. The summed E-state index contributed by atoms with van der Waals surface area (Å²) in [5.41, 5.74) is 1.36. The van der Waals surface area contributed by atoms with E-state index >= 15 is 0 Å². The molecule has 1 saturated heterocycles. The van der Waals surface area contributed by atoms with Gasteiger partial charge in [0.2, 0.25) is 0 Å². The summed E-state index contributed by atoms with van der Waals surface area (Å²) in [6, 6.07) is 11.6. The lowest BCUT2D eigenvalue weighted by Crippen LogP contribution is -2.38. The molecule has 0 aliphatic carbocycles. The van der Waals surface area contributed by atoms with Gasteiger partial charge in [0, 0.05) is 38.8 Å². The average Bonchev–Trinajstić information content (AvgIpc) is 2.79. The second kappa shape index (κ2) is 7.74. The number of likely N-dealkylation sites (tertiary alicyclic amines) is 1. The zero-order chi connectivity index (χ0) is 14.4. The zero-order valence-electron chi connectivity index (χ0n) is 12.5. The Morgan fingerprint density at radius 1 is 1.40 bits per heavy atom. The van der Waals surface area contributed by atoms with Crippen LogP contribution in [-0.2, 0) is 11.3 Å². The van der Waals surface area contributed by atoms with Crippen LogP contribution < -0.4 is 5.32 Å². The molecule has 112 valence electrons. The van der Waals surface area contributed by atoms with Crippen molar-refractivity contribution in [3.63, 3.8) is 0 Å². The standard InChI is InChI=1S/C16H26N2O2/c1-13-8-15(17-9-16(19)12-20-2)11-18(13)10-14-6-4-3-5-7-14/h3-7,13,15-17,19H,8-12H2,1-2H3. The van der Waals surface area contributed by atoms with Crippen LogP contribution in [0.1, 0.15) is 18.9 Å². The Kier molecular flexibility index (Phi) is 5.98. The maximum Gasteiger partial charge on any atom is 0.0897 e. The van der Waals surface area contributed by atoms with E-state index in [0.29, 0.717) is 25.2 Å². The van der Waals surface area contributed by atoms with E-state index in [4.69, 9.17) is 4.74 Å². The third-order valence-electron chi connectivity index (χ3n) is 3.93. The SMILES string of the molecule is COCC(O)CNC1CC(C)N(Cc2ccccc2)C1. The molecule has 3 unspecified atom stereocenters. The normalized spacial score (nSPS) is 24.9. The largest absolute Gasteiger partial charge is 0.389 e. The van der Waals surface area contributed by atoms with Crippen molar-refractivity contribution in [1.29, 1.82) is 0 Å². The molecular formula is C16H26N2O2. The lowest BCUT2D eigenvalue weighted by atomic mass is 10.2. The summed E-state index contributed by atoms with van der Waals surface area (Å²) in [5, 5.41) is 13.1. The van der Waals surface area contributed by atoms with Crippen molar-refractivity contribution in [1.82, 2.24) is 10.2 Å². The molecule has 0 amide bonds. The van der Waals surface area contributed by atoms with Gasteiger partial charge in [-0.3, -0.25) is 4.90 Å². The third-order valence-corrected chi connectivity index (χ3v) is 3.93. The lowest BCUT2D eigenvalue weighted by Gasteiger charge is -2.21. The Hall–Kier alpha value is -0.940. The summed E-state index contributed by atoms with van der Waals surface area (Å²) in [7, 11) is 1.61. The summed E-state index contributed by atoms with van der Waals surface area (Å²) < 4.78 is 4.94. The molecule has 4 heteroatoms. The molecule has 2 rings (SSSR count). The molecule has 1 fully saturated rings. The number of benzene rings is 1. The number of nitrogens with zero attached hydrogens (tertiary/aromatic N) is 1. The predicted octanol–water partition coefficient (Wildman–Crippen LogP) is 1.25. The molecule has 1 aromatic carbocycles. The zero-order valence-corrected chi connectivity index (χ0v) is 12.5. The summed E-state index contributed by atoms with van der Waals surface area (Å²) in [4.78, 5) is 2.50. The Bertz CT molecular complexity index is 385. The first-order chi connectivity index (χ1) is 9.69. The van der Waals surface area contributed by atoms with Gasteiger partial charge in [-0.2, -0.15) is 0 Å². The molecule has 3 atom stereocenters. The van der Waals surface area contributed by atoms with Crippen LogP contribution in [0.4, 0.5) is 0 Å². The fraction of sp³-hybridized carbons (Fsp3) is 0.625. The van der Waals surface area contributed by atoms with E-state index in [1.807, 2.05) is 0 Å². The second-order valence-corrected chi connectivity index (χ2v) is 5.71. The maximum atomic E-state index is 9.68. The van der Waals surface area contributed by atoms with Crippen molar-refractivity contribution in [2.24, 2.45) is 0 Å². The summed E-state index contributed by atoms with van der Waals surface area (Å²) in [5.74, 6) is 0. The molecule has 1 aromatic rings. The number of ether oxygens (including phenoxy) is 1. The topological polar surface area (TPSA) is 44.7 Å². The first-order valence-corrected chi connectivity index (χ1v) is 7.37. The molecule has 1 aliphatic rings. The van der Waals surface area contributed by atoms with Gasteiger partial charge in [-0.25, -0.2) is 0 Å². The maximum absolute atomic E-state index is 9.68. The van der Waals surface area contributed by atoms with Crippen molar-refractivity contribution < 1.29 is 9.84 Å². The van der Waals surface area contributed by atoms with Gasteiger partial charge < -0.3 is 15.2 Å². The minimum Gasteiger partial charge on any atom is -0.389 e. The van der Waals surface area contributed by atoms with Crippen LogP contribution in [0, 0.1) is 0 Å². The van der Waals surface area contributed by atoms with Gasteiger partial charge in [-0.05, 0) is 18.9 Å². The number of aliphatic hydroxyl groups excluding tert-OH is 1. The van der Waals surface area contributed by atoms with Crippen molar-refractivity contribution in [2.75, 3.05) is 26.8 Å². The molecule has 0 bridgehead atoms. The van der Waals surface area contributed by atoms with E-state index < -0.39 is 6.10 Å². The highest BCUT2D eigenvalue weighted by Crippen LogP contribution is 2.20. The first kappa shape index (κ1) is 15.4. The predicted molar refractivity (Wildman–Crippen MR) is 80.6 cm³/mol. The number of nitrogens with one attached hydrogen (secondary N) is 1. The minimum atomic E-state index is -0.418. The lowest BCUT2D eigenvalue weighted by molar-refractivity contribution is 0.0628. The van der Waals surface area contributed by atoms with Crippen LogP contribution in [0.3, 0.4) is 0 Å². The number of hydrogen-bond acceptors (Lipinski definition) is 4. The third kappa shape index (κ3) is 4.56. The van der Waals surface area contributed by atoms with Crippen molar-refractivity contribution in [3.05, 3.63) is 35.9 Å². The fourth-order valence-electron chi connectivity index (χ4n) is 2.84. The number of rotatable bonds is 7. The molecular weight excluding hydrogens is 252 g/mol. The number of methoxy groups -OCH3 is 1. The Labute approximate surface area is 121 Å². The van der Waals surface area contributed by atoms with Crippen molar-refractivity contribution in [3.8, 4) is 0 Å². The average molecular weight is 278 g/mol. The van der Waals surface area contributed by atoms with Crippen LogP contribution in [-0.4, -0.2) is 55.0 Å². The molecule has 1 heterocycles. The highest BCUT2D eigenvalue weighted by atomic mass is 16.5. The van der Waals surface area contributed by atoms with E-state index in [0.717, 1.165) is 19.5 Å². The number of aliphatic hydroxyl groups is 1. The second-order valence-electron chi connectivity index (χ2n) is 5.71. The van der Waals surface area contributed by atoms with E-state index in [-0.39, 0.29) is 0 Å². The summed E-state index contributed by atoms with van der Waals surface area (Å²) in [6.45, 7) is 5.31. The number of hydrogen-bond donors (Lipinski definition) is 2. The summed E-state index contributed by atoms with van der Waals surface area (Å²) in [6.07, 6.45) is 0.713. The van der Waals surface area contributed by atoms with Gasteiger partial charge in [-0.15, -0.1) is 0 Å². The highest BCUT2D eigenvalue weighted by Gasteiger charge is 2.28. The molecule has 4 nitrogen and oxygen atoms in total. The molecule has 1 aliphatic heterocycles. The Balaban J connectivity index is 1.77. The first-order valence-electron chi connectivity index (χ1n) is 7.37. The van der Waals surface area contributed by atoms with Gasteiger partial charge in [0.05, 0.1) is 12.7 Å². The van der Waals surface area contributed by atoms with E-state index in [1.54, 1.807) is 7.11 Å². The molecule has 0 radical (unpaired) electrons. The Morgan fingerprint density at radius 2 is 2.15 bits per heavy atom. The van der Waals surface area contributed by atoms with Gasteiger partial charge >= 0.3 is 0 Å². The van der Waals surface area contributed by atoms with Crippen molar-refractivity contribution in [2.45, 2.75) is 38.1 Å². The molecule has 0 aromatic heterocycles.